The van der Waals surface area contributed by atoms with Crippen molar-refractivity contribution in [2.75, 3.05) is 11.5 Å². The Labute approximate surface area is 203 Å². The number of hydrogen-bond acceptors (Lipinski definition) is 5. The molecule has 0 bridgehead atoms. The van der Waals surface area contributed by atoms with E-state index in [0.717, 1.165) is 11.1 Å². The fraction of sp³-hybridized carbons (Fsp3) is 0.259. The van der Waals surface area contributed by atoms with Crippen molar-refractivity contribution in [3.8, 4) is 5.75 Å². The molecule has 176 valence electrons. The Bertz CT molecular complexity index is 1280. The summed E-state index contributed by atoms with van der Waals surface area (Å²) in [5, 5.41) is 11.8. The van der Waals surface area contributed by atoms with Crippen LogP contribution in [0.1, 0.15) is 55.2 Å². The Morgan fingerprint density at radius 1 is 1.18 bits per heavy atom. The molecule has 7 heteroatoms. The summed E-state index contributed by atoms with van der Waals surface area (Å²) in [6.45, 7) is 8.30. The summed E-state index contributed by atoms with van der Waals surface area (Å²) in [5.41, 5.74) is 2.54. The number of aliphatic hydroxyl groups excluding tert-OH is 1. The van der Waals surface area contributed by atoms with Crippen LogP contribution in [0.3, 0.4) is 0 Å². The molecule has 4 rings (SSSR count). The van der Waals surface area contributed by atoms with Crippen molar-refractivity contribution in [1.29, 1.82) is 0 Å². The molecular formula is C27H26ClNO5. The summed E-state index contributed by atoms with van der Waals surface area (Å²) < 4.78 is 11.3. The topological polar surface area (TPSA) is 80.0 Å². The molecular weight excluding hydrogens is 454 g/mol. The van der Waals surface area contributed by atoms with Crippen molar-refractivity contribution in [2.45, 2.75) is 39.7 Å². The summed E-state index contributed by atoms with van der Waals surface area (Å²) >= 11 is 6.31. The van der Waals surface area contributed by atoms with Crippen molar-refractivity contribution in [2.24, 2.45) is 0 Å². The van der Waals surface area contributed by atoms with E-state index in [0.29, 0.717) is 34.4 Å². The number of aryl methyl sites for hydroxylation is 1. The van der Waals surface area contributed by atoms with E-state index in [1.807, 2.05) is 27.7 Å². The van der Waals surface area contributed by atoms with E-state index >= 15 is 0 Å². The van der Waals surface area contributed by atoms with Gasteiger partial charge in [0.2, 0.25) is 0 Å². The first-order valence-corrected chi connectivity index (χ1v) is 11.5. The van der Waals surface area contributed by atoms with E-state index in [1.165, 1.54) is 11.2 Å². The van der Waals surface area contributed by atoms with E-state index in [4.69, 9.17) is 20.8 Å². The second kappa shape index (κ2) is 9.39. The first-order valence-electron chi connectivity index (χ1n) is 11.1. The Hall–Kier alpha value is -3.51. The molecule has 0 saturated carbocycles. The first kappa shape index (κ1) is 23.6. The number of ketones is 1. The molecule has 1 N–H and O–H groups in total. The van der Waals surface area contributed by atoms with Crippen molar-refractivity contribution in [1.82, 2.24) is 0 Å². The molecule has 1 atom stereocenters. The average molecular weight is 480 g/mol. The molecule has 3 aromatic rings. The minimum absolute atomic E-state index is 0.0458. The molecule has 1 amide bonds. The van der Waals surface area contributed by atoms with Gasteiger partial charge in [-0.1, -0.05) is 31.5 Å². The quantitative estimate of drug-likeness (QED) is 0.252. The molecule has 1 aromatic heterocycles. The maximum Gasteiger partial charge on any atom is 0.300 e. The third-order valence-electron chi connectivity index (χ3n) is 5.90. The third kappa shape index (κ3) is 4.10. The van der Waals surface area contributed by atoms with Crippen LogP contribution in [0.2, 0.25) is 5.02 Å². The summed E-state index contributed by atoms with van der Waals surface area (Å²) in [5.74, 6) is -0.648. The number of carbonyl (C=O) groups is 2. The van der Waals surface area contributed by atoms with Crippen LogP contribution >= 0.6 is 11.6 Å². The van der Waals surface area contributed by atoms with E-state index in [9.17, 15) is 14.7 Å². The number of halogens is 1. The van der Waals surface area contributed by atoms with Gasteiger partial charge in [0, 0.05) is 16.3 Å². The normalized spacial score (nSPS) is 17.6. The molecule has 1 unspecified atom stereocenters. The van der Waals surface area contributed by atoms with Gasteiger partial charge in [0.25, 0.3) is 11.7 Å². The lowest BCUT2D eigenvalue weighted by Gasteiger charge is -2.24. The SMILES string of the molecule is CCOc1ccc(/C(O)=C2/C(=O)C(=O)N(c3ccc(C)c(Cl)c3)C2c2ccco2)cc1C(C)C. The summed E-state index contributed by atoms with van der Waals surface area (Å²) in [7, 11) is 0. The minimum Gasteiger partial charge on any atom is -0.507 e. The van der Waals surface area contributed by atoms with E-state index in [1.54, 1.807) is 48.5 Å². The molecule has 0 spiro atoms. The maximum absolute atomic E-state index is 13.2. The monoisotopic (exact) mass is 479 g/mol. The zero-order chi connectivity index (χ0) is 24.6. The Morgan fingerprint density at radius 3 is 2.56 bits per heavy atom. The fourth-order valence-electron chi connectivity index (χ4n) is 4.14. The second-order valence-corrected chi connectivity index (χ2v) is 8.87. The standard InChI is InChI=1S/C27H26ClNO5/c1-5-33-21-11-9-17(13-19(21)15(2)3)25(30)23-24(22-7-6-12-34-22)29(27(32)26(23)31)18-10-8-16(4)20(28)14-18/h6-15,24,30H,5H2,1-4H3/b25-23-. The van der Waals surface area contributed by atoms with Crippen LogP contribution in [-0.4, -0.2) is 23.4 Å². The smallest absolute Gasteiger partial charge is 0.300 e. The van der Waals surface area contributed by atoms with E-state index < -0.39 is 17.7 Å². The number of rotatable bonds is 6. The second-order valence-electron chi connectivity index (χ2n) is 8.46. The van der Waals surface area contributed by atoms with Crippen LogP contribution in [0.15, 0.2) is 64.8 Å². The van der Waals surface area contributed by atoms with Gasteiger partial charge in [-0.05, 0) is 73.4 Å². The largest absolute Gasteiger partial charge is 0.507 e. The lowest BCUT2D eigenvalue weighted by atomic mass is 9.95. The highest BCUT2D eigenvalue weighted by atomic mass is 35.5. The summed E-state index contributed by atoms with van der Waals surface area (Å²) in [6, 6.07) is 12.8. The van der Waals surface area contributed by atoms with Crippen LogP contribution in [0.25, 0.3) is 5.76 Å². The molecule has 6 nitrogen and oxygen atoms in total. The van der Waals surface area contributed by atoms with Gasteiger partial charge in [-0.2, -0.15) is 0 Å². The molecule has 1 fully saturated rings. The molecule has 0 radical (unpaired) electrons. The Kier molecular flexibility index (Phi) is 6.53. The highest BCUT2D eigenvalue weighted by Gasteiger charge is 2.48. The zero-order valence-corrected chi connectivity index (χ0v) is 20.2. The van der Waals surface area contributed by atoms with Gasteiger partial charge in [-0.15, -0.1) is 0 Å². The predicted molar refractivity (Wildman–Crippen MR) is 131 cm³/mol. The number of carbonyl (C=O) groups excluding carboxylic acids is 2. The van der Waals surface area contributed by atoms with Crippen molar-refractivity contribution in [3.05, 3.63) is 87.8 Å². The van der Waals surface area contributed by atoms with Crippen molar-refractivity contribution >= 4 is 34.7 Å². The van der Waals surface area contributed by atoms with Crippen LogP contribution < -0.4 is 9.64 Å². The van der Waals surface area contributed by atoms with E-state index in [2.05, 4.69) is 0 Å². The fourth-order valence-corrected chi connectivity index (χ4v) is 4.31. The van der Waals surface area contributed by atoms with Crippen LogP contribution in [0, 0.1) is 6.92 Å². The van der Waals surface area contributed by atoms with E-state index in [-0.39, 0.29) is 17.3 Å². The molecule has 0 aliphatic carbocycles. The first-order chi connectivity index (χ1) is 16.2. The molecule has 34 heavy (non-hydrogen) atoms. The van der Waals surface area contributed by atoms with Crippen molar-refractivity contribution in [3.63, 3.8) is 0 Å². The summed E-state index contributed by atoms with van der Waals surface area (Å²) in [6.07, 6.45) is 1.46. The highest BCUT2D eigenvalue weighted by Crippen LogP contribution is 2.43. The number of nitrogens with zero attached hydrogens (tertiary/aromatic N) is 1. The Morgan fingerprint density at radius 2 is 1.94 bits per heavy atom. The Balaban J connectivity index is 1.90. The number of hydrogen-bond donors (Lipinski definition) is 1. The van der Waals surface area contributed by atoms with Gasteiger partial charge in [0.05, 0.1) is 18.4 Å². The van der Waals surface area contributed by atoms with Gasteiger partial charge in [-0.3, -0.25) is 14.5 Å². The molecule has 2 heterocycles. The van der Waals surface area contributed by atoms with Gasteiger partial charge in [0.15, 0.2) is 0 Å². The lowest BCUT2D eigenvalue weighted by molar-refractivity contribution is -0.132. The molecule has 2 aromatic carbocycles. The van der Waals surface area contributed by atoms with Crippen LogP contribution in [-0.2, 0) is 9.59 Å². The zero-order valence-electron chi connectivity index (χ0n) is 19.5. The van der Waals surface area contributed by atoms with Gasteiger partial charge < -0.3 is 14.3 Å². The number of furan rings is 1. The predicted octanol–water partition coefficient (Wildman–Crippen LogP) is 6.39. The van der Waals surface area contributed by atoms with Crippen molar-refractivity contribution < 1.29 is 23.8 Å². The number of benzene rings is 2. The number of Topliss-reactive ketones (excluding diaryl/α,β-unsaturated/α-hetero) is 1. The number of anilines is 1. The van der Waals surface area contributed by atoms with Crippen LogP contribution in [0.4, 0.5) is 5.69 Å². The molecule has 1 aliphatic heterocycles. The average Bonchev–Trinajstić information content (AvgIpc) is 3.43. The minimum atomic E-state index is -0.942. The third-order valence-corrected chi connectivity index (χ3v) is 6.30. The van der Waals surface area contributed by atoms with Gasteiger partial charge in [-0.25, -0.2) is 0 Å². The number of amides is 1. The molecule has 1 aliphatic rings. The van der Waals surface area contributed by atoms with Crippen LogP contribution in [0.5, 0.6) is 5.75 Å². The maximum atomic E-state index is 13.2. The number of aliphatic hydroxyl groups is 1. The summed E-state index contributed by atoms with van der Waals surface area (Å²) in [4.78, 5) is 27.8. The molecule has 1 saturated heterocycles. The van der Waals surface area contributed by atoms with Gasteiger partial charge in [0.1, 0.15) is 23.3 Å². The lowest BCUT2D eigenvalue weighted by Crippen LogP contribution is -2.29. The van der Waals surface area contributed by atoms with Gasteiger partial charge >= 0.3 is 0 Å². The highest BCUT2D eigenvalue weighted by molar-refractivity contribution is 6.51. The number of ether oxygens (including phenoxy) is 1.